The Kier molecular flexibility index (Phi) is 6.62. The summed E-state index contributed by atoms with van der Waals surface area (Å²) >= 11 is 0. The van der Waals surface area contributed by atoms with E-state index in [1.807, 2.05) is 0 Å². The fraction of sp³-hybridized carbons (Fsp3) is 0. The Bertz CT molecular complexity index is 3150. The molecule has 0 aliphatic rings. The van der Waals surface area contributed by atoms with Gasteiger partial charge in [-0.05, 0) is 112 Å². The second-order valence-electron chi connectivity index (χ2n) is 14.0. The van der Waals surface area contributed by atoms with Crippen molar-refractivity contribution >= 4 is 65.0 Å². The summed E-state index contributed by atoms with van der Waals surface area (Å²) in [4.78, 5) is 0. The summed E-state index contributed by atoms with van der Waals surface area (Å²) in [5, 5.41) is 12.2. The third kappa shape index (κ3) is 4.71. The van der Waals surface area contributed by atoms with Crippen molar-refractivity contribution in [2.45, 2.75) is 0 Å². The van der Waals surface area contributed by atoms with Crippen LogP contribution in [0.1, 0.15) is 0 Å². The van der Waals surface area contributed by atoms with Gasteiger partial charge in [0.25, 0.3) is 0 Å². The first-order chi connectivity index (χ1) is 26.3. The molecule has 0 saturated carbocycles. The number of furan rings is 1. The van der Waals surface area contributed by atoms with Gasteiger partial charge in [-0.1, -0.05) is 170 Å². The second-order valence-corrected chi connectivity index (χ2v) is 14.0. The average molecular weight is 673 g/mol. The molecule has 1 nitrogen and oxygen atoms in total. The maximum Gasteiger partial charge on any atom is 0.136 e. The van der Waals surface area contributed by atoms with E-state index in [0.717, 1.165) is 27.5 Å². The van der Waals surface area contributed by atoms with E-state index in [-0.39, 0.29) is 0 Å². The molecule has 246 valence electrons. The zero-order chi connectivity index (χ0) is 34.9. The molecule has 0 unspecified atom stereocenters. The fourth-order valence-electron chi connectivity index (χ4n) is 8.59. The molecule has 0 aliphatic carbocycles. The third-order valence-corrected chi connectivity index (χ3v) is 11.1. The highest BCUT2D eigenvalue weighted by Gasteiger charge is 2.19. The highest BCUT2D eigenvalue weighted by atomic mass is 16.3. The molecule has 0 radical (unpaired) electrons. The lowest BCUT2D eigenvalue weighted by Crippen LogP contribution is -1.92. The van der Waals surface area contributed by atoms with Crippen LogP contribution in [0.25, 0.3) is 110 Å². The summed E-state index contributed by atoms with van der Waals surface area (Å²) < 4.78 is 6.50. The lowest BCUT2D eigenvalue weighted by molar-refractivity contribution is 0.669. The minimum absolute atomic E-state index is 0.908. The smallest absolute Gasteiger partial charge is 0.136 e. The van der Waals surface area contributed by atoms with Crippen LogP contribution in [0.2, 0.25) is 0 Å². The Morgan fingerprint density at radius 2 is 0.717 bits per heavy atom. The number of benzene rings is 10. The summed E-state index contributed by atoms with van der Waals surface area (Å²) in [5.41, 5.74) is 11.6. The first kappa shape index (κ1) is 29.7. The molecule has 0 amide bonds. The van der Waals surface area contributed by atoms with Crippen LogP contribution in [0.4, 0.5) is 0 Å². The fourth-order valence-corrected chi connectivity index (χ4v) is 8.59. The van der Waals surface area contributed by atoms with Crippen LogP contribution in [-0.4, -0.2) is 0 Å². The Morgan fingerprint density at radius 1 is 0.245 bits per heavy atom. The van der Waals surface area contributed by atoms with Crippen molar-refractivity contribution in [1.82, 2.24) is 0 Å². The van der Waals surface area contributed by atoms with Gasteiger partial charge in [0.2, 0.25) is 0 Å². The Morgan fingerprint density at radius 3 is 1.40 bits per heavy atom. The van der Waals surface area contributed by atoms with E-state index in [4.69, 9.17) is 4.42 Å². The van der Waals surface area contributed by atoms with Gasteiger partial charge in [0.05, 0.1) is 0 Å². The highest BCUT2D eigenvalue weighted by Crippen LogP contribution is 2.47. The largest absolute Gasteiger partial charge is 0.456 e. The minimum Gasteiger partial charge on any atom is -0.456 e. The molecule has 11 aromatic rings. The Balaban J connectivity index is 1.10. The first-order valence-corrected chi connectivity index (χ1v) is 18.3. The van der Waals surface area contributed by atoms with E-state index < -0.39 is 0 Å². The van der Waals surface area contributed by atoms with Gasteiger partial charge in [-0.15, -0.1) is 0 Å². The standard InChI is InChI=1S/C52H32O/c1-2-12-33(13-3-1)34-22-24-35(25-23-34)51-43-18-8-10-20-45(43)52(46-21-11-9-19-44(46)51)47-29-28-39(40-16-6-7-17-41(40)47)38-26-27-42-48-30-36-14-4-5-15-37(36)31-50(48)53-49(42)32-38/h1-32H. The van der Waals surface area contributed by atoms with E-state index in [0.29, 0.717) is 0 Å². The summed E-state index contributed by atoms with van der Waals surface area (Å²) in [6.45, 7) is 0. The first-order valence-electron chi connectivity index (χ1n) is 18.3. The number of fused-ring (bicyclic) bond motifs is 7. The Hall–Kier alpha value is -6.96. The van der Waals surface area contributed by atoms with E-state index in [1.165, 1.54) is 82.0 Å². The molecule has 0 saturated heterocycles. The third-order valence-electron chi connectivity index (χ3n) is 11.1. The number of hydrogen-bond acceptors (Lipinski definition) is 1. The summed E-state index contributed by atoms with van der Waals surface area (Å²) in [6, 6.07) is 70.5. The molecule has 11 rings (SSSR count). The normalized spacial score (nSPS) is 11.8. The van der Waals surface area contributed by atoms with Crippen LogP contribution in [0.5, 0.6) is 0 Å². The van der Waals surface area contributed by atoms with Crippen LogP contribution in [0.3, 0.4) is 0 Å². The van der Waals surface area contributed by atoms with Gasteiger partial charge in [0.1, 0.15) is 11.2 Å². The van der Waals surface area contributed by atoms with Crippen molar-refractivity contribution in [3.05, 3.63) is 194 Å². The molecular weight excluding hydrogens is 641 g/mol. The van der Waals surface area contributed by atoms with Crippen molar-refractivity contribution in [1.29, 1.82) is 0 Å². The van der Waals surface area contributed by atoms with Gasteiger partial charge in [0, 0.05) is 10.8 Å². The molecule has 1 aromatic heterocycles. The molecule has 0 aliphatic heterocycles. The van der Waals surface area contributed by atoms with Crippen molar-refractivity contribution in [2.24, 2.45) is 0 Å². The highest BCUT2D eigenvalue weighted by molar-refractivity contribution is 6.24. The zero-order valence-corrected chi connectivity index (χ0v) is 28.9. The molecule has 0 fully saturated rings. The maximum absolute atomic E-state index is 6.50. The SMILES string of the molecule is c1ccc(-c2ccc(-c3c4ccccc4c(-c4ccc(-c5ccc6c(c5)oc5cc7ccccc7cc56)c5ccccc45)c4ccccc34)cc2)cc1. The molecule has 53 heavy (non-hydrogen) atoms. The predicted molar refractivity (Wildman–Crippen MR) is 225 cm³/mol. The number of hydrogen-bond donors (Lipinski definition) is 0. The monoisotopic (exact) mass is 672 g/mol. The summed E-state index contributed by atoms with van der Waals surface area (Å²) in [7, 11) is 0. The predicted octanol–water partition coefficient (Wildman–Crippen LogP) is 14.9. The van der Waals surface area contributed by atoms with Gasteiger partial charge < -0.3 is 4.42 Å². The molecule has 10 aromatic carbocycles. The van der Waals surface area contributed by atoms with E-state index >= 15 is 0 Å². The second kappa shape index (κ2) is 11.8. The molecular formula is C52H32O. The van der Waals surface area contributed by atoms with E-state index in [1.54, 1.807) is 0 Å². The molecule has 1 heteroatoms. The lowest BCUT2D eigenvalue weighted by Gasteiger charge is -2.20. The van der Waals surface area contributed by atoms with Gasteiger partial charge in [-0.25, -0.2) is 0 Å². The van der Waals surface area contributed by atoms with Crippen LogP contribution in [0.15, 0.2) is 199 Å². The van der Waals surface area contributed by atoms with Crippen LogP contribution in [-0.2, 0) is 0 Å². The van der Waals surface area contributed by atoms with Gasteiger partial charge in [0.15, 0.2) is 0 Å². The Labute approximate surface area is 307 Å². The van der Waals surface area contributed by atoms with Crippen molar-refractivity contribution < 1.29 is 4.42 Å². The van der Waals surface area contributed by atoms with Gasteiger partial charge in [-0.3, -0.25) is 0 Å². The topological polar surface area (TPSA) is 13.1 Å². The van der Waals surface area contributed by atoms with Crippen molar-refractivity contribution in [3.63, 3.8) is 0 Å². The zero-order valence-electron chi connectivity index (χ0n) is 28.9. The van der Waals surface area contributed by atoms with Crippen molar-refractivity contribution in [2.75, 3.05) is 0 Å². The average Bonchev–Trinajstić information content (AvgIpc) is 3.58. The van der Waals surface area contributed by atoms with E-state index in [9.17, 15) is 0 Å². The van der Waals surface area contributed by atoms with Crippen LogP contribution in [0, 0.1) is 0 Å². The minimum atomic E-state index is 0.908. The number of rotatable bonds is 4. The van der Waals surface area contributed by atoms with E-state index in [2.05, 4.69) is 194 Å². The van der Waals surface area contributed by atoms with Crippen molar-refractivity contribution in [3.8, 4) is 44.5 Å². The molecule has 0 N–H and O–H groups in total. The summed E-state index contributed by atoms with van der Waals surface area (Å²) in [5.74, 6) is 0. The summed E-state index contributed by atoms with van der Waals surface area (Å²) in [6.07, 6.45) is 0. The lowest BCUT2D eigenvalue weighted by atomic mass is 9.83. The van der Waals surface area contributed by atoms with Gasteiger partial charge >= 0.3 is 0 Å². The maximum atomic E-state index is 6.50. The van der Waals surface area contributed by atoms with Gasteiger partial charge in [-0.2, -0.15) is 0 Å². The quantitative estimate of drug-likeness (QED) is 0.170. The molecule has 0 bridgehead atoms. The van der Waals surface area contributed by atoms with Crippen LogP contribution >= 0.6 is 0 Å². The molecule has 0 spiro atoms. The van der Waals surface area contributed by atoms with Crippen LogP contribution < -0.4 is 0 Å². The molecule has 0 atom stereocenters. The molecule has 1 heterocycles.